The lowest BCUT2D eigenvalue weighted by Gasteiger charge is -2.41. The molecule has 1 heterocycles. The SMILES string of the molecule is CCCC(NC)C(CC)N1CCCC(OC)C1. The lowest BCUT2D eigenvalue weighted by Crippen LogP contribution is -2.53. The molecule has 0 bridgehead atoms. The summed E-state index contributed by atoms with van der Waals surface area (Å²) >= 11 is 0. The zero-order valence-electron chi connectivity index (χ0n) is 12.0. The number of methoxy groups -OCH3 is 1. The number of piperidine rings is 1. The van der Waals surface area contributed by atoms with Crippen molar-refractivity contribution in [1.29, 1.82) is 0 Å². The standard InChI is InChI=1S/C14H30N2O/c1-5-8-13(15-3)14(6-2)16-10-7-9-12(11-16)17-4/h12-15H,5-11H2,1-4H3. The molecule has 3 nitrogen and oxygen atoms in total. The highest BCUT2D eigenvalue weighted by Gasteiger charge is 2.28. The van der Waals surface area contributed by atoms with Gasteiger partial charge >= 0.3 is 0 Å². The smallest absolute Gasteiger partial charge is 0.0698 e. The average Bonchev–Trinajstić information content (AvgIpc) is 2.38. The fourth-order valence-electron chi connectivity index (χ4n) is 3.10. The first-order valence-electron chi connectivity index (χ1n) is 7.20. The van der Waals surface area contributed by atoms with E-state index < -0.39 is 0 Å². The highest BCUT2D eigenvalue weighted by atomic mass is 16.5. The molecule has 0 radical (unpaired) electrons. The van der Waals surface area contributed by atoms with Crippen LogP contribution in [0.25, 0.3) is 0 Å². The van der Waals surface area contributed by atoms with Crippen LogP contribution in [0.4, 0.5) is 0 Å². The van der Waals surface area contributed by atoms with Gasteiger partial charge in [-0.25, -0.2) is 0 Å². The minimum Gasteiger partial charge on any atom is -0.380 e. The van der Waals surface area contributed by atoms with Gasteiger partial charge in [0.15, 0.2) is 0 Å². The van der Waals surface area contributed by atoms with Gasteiger partial charge in [0, 0.05) is 25.7 Å². The summed E-state index contributed by atoms with van der Waals surface area (Å²) in [6.07, 6.45) is 6.69. The molecule has 3 unspecified atom stereocenters. The quantitative estimate of drug-likeness (QED) is 0.741. The van der Waals surface area contributed by atoms with Crippen molar-refractivity contribution < 1.29 is 4.74 Å². The second-order valence-electron chi connectivity index (χ2n) is 5.15. The number of likely N-dealkylation sites (tertiary alicyclic amines) is 1. The zero-order chi connectivity index (χ0) is 12.7. The van der Waals surface area contributed by atoms with Crippen LogP contribution in [0.3, 0.4) is 0 Å². The third-order valence-electron chi connectivity index (χ3n) is 4.07. The van der Waals surface area contributed by atoms with E-state index in [1.165, 1.54) is 38.6 Å². The van der Waals surface area contributed by atoms with E-state index in [1.807, 2.05) is 7.11 Å². The van der Waals surface area contributed by atoms with E-state index in [0.29, 0.717) is 18.2 Å². The molecule has 1 saturated heterocycles. The summed E-state index contributed by atoms with van der Waals surface area (Å²) in [5.74, 6) is 0. The summed E-state index contributed by atoms with van der Waals surface area (Å²) in [5.41, 5.74) is 0. The highest BCUT2D eigenvalue weighted by Crippen LogP contribution is 2.20. The van der Waals surface area contributed by atoms with Crippen molar-refractivity contribution >= 4 is 0 Å². The Balaban J connectivity index is 2.58. The lowest BCUT2D eigenvalue weighted by atomic mass is 9.96. The Kier molecular flexibility index (Phi) is 7.09. The first-order valence-corrected chi connectivity index (χ1v) is 7.20. The normalized spacial score (nSPS) is 25.8. The van der Waals surface area contributed by atoms with Gasteiger partial charge in [0.2, 0.25) is 0 Å². The molecule has 0 spiro atoms. The maximum absolute atomic E-state index is 5.53. The number of hydrogen-bond donors (Lipinski definition) is 1. The summed E-state index contributed by atoms with van der Waals surface area (Å²) in [7, 11) is 3.94. The Labute approximate surface area is 107 Å². The maximum atomic E-state index is 5.53. The van der Waals surface area contributed by atoms with Gasteiger partial charge in [-0.3, -0.25) is 4.90 Å². The maximum Gasteiger partial charge on any atom is 0.0698 e. The molecule has 1 N–H and O–H groups in total. The number of hydrogen-bond acceptors (Lipinski definition) is 3. The van der Waals surface area contributed by atoms with Gasteiger partial charge in [-0.05, 0) is 39.3 Å². The third kappa shape index (κ3) is 4.23. The van der Waals surface area contributed by atoms with Gasteiger partial charge in [-0.15, -0.1) is 0 Å². The number of rotatable bonds is 7. The molecule has 0 aromatic heterocycles. The van der Waals surface area contributed by atoms with Crippen LogP contribution in [0.2, 0.25) is 0 Å². The second-order valence-corrected chi connectivity index (χ2v) is 5.15. The van der Waals surface area contributed by atoms with Crippen LogP contribution < -0.4 is 5.32 Å². The van der Waals surface area contributed by atoms with Gasteiger partial charge in [-0.1, -0.05) is 20.3 Å². The van der Waals surface area contributed by atoms with E-state index in [1.54, 1.807) is 0 Å². The van der Waals surface area contributed by atoms with Gasteiger partial charge in [0.05, 0.1) is 6.10 Å². The highest BCUT2D eigenvalue weighted by molar-refractivity contribution is 4.86. The number of ether oxygens (including phenoxy) is 1. The molecule has 1 rings (SSSR count). The van der Waals surface area contributed by atoms with E-state index in [2.05, 4.69) is 31.1 Å². The Morgan fingerprint density at radius 2 is 2.18 bits per heavy atom. The number of nitrogens with zero attached hydrogens (tertiary/aromatic N) is 1. The van der Waals surface area contributed by atoms with Crippen molar-refractivity contribution in [2.75, 3.05) is 27.2 Å². The molecular weight excluding hydrogens is 212 g/mol. The van der Waals surface area contributed by atoms with Crippen molar-refractivity contribution in [1.82, 2.24) is 10.2 Å². The van der Waals surface area contributed by atoms with Gasteiger partial charge < -0.3 is 10.1 Å². The molecule has 1 aliphatic heterocycles. The monoisotopic (exact) mass is 242 g/mol. The number of nitrogens with one attached hydrogen (secondary N) is 1. The molecule has 0 aromatic carbocycles. The van der Waals surface area contributed by atoms with Crippen molar-refractivity contribution in [3.05, 3.63) is 0 Å². The van der Waals surface area contributed by atoms with Crippen molar-refractivity contribution in [2.24, 2.45) is 0 Å². The van der Waals surface area contributed by atoms with Crippen LogP contribution in [-0.2, 0) is 4.74 Å². The summed E-state index contributed by atoms with van der Waals surface area (Å²) in [6.45, 7) is 6.92. The predicted molar refractivity (Wildman–Crippen MR) is 73.4 cm³/mol. The van der Waals surface area contributed by atoms with E-state index in [0.717, 1.165) is 6.54 Å². The molecule has 3 atom stereocenters. The molecule has 1 fully saturated rings. The van der Waals surface area contributed by atoms with E-state index >= 15 is 0 Å². The molecule has 0 aliphatic carbocycles. The third-order valence-corrected chi connectivity index (χ3v) is 4.07. The molecule has 1 aliphatic rings. The first kappa shape index (κ1) is 14.9. The fourth-order valence-corrected chi connectivity index (χ4v) is 3.10. The second kappa shape index (κ2) is 8.06. The number of likely N-dealkylation sites (N-methyl/N-ethyl adjacent to an activating group) is 1. The molecule has 0 aromatic rings. The Morgan fingerprint density at radius 1 is 1.41 bits per heavy atom. The van der Waals surface area contributed by atoms with E-state index in [4.69, 9.17) is 4.74 Å². The first-order chi connectivity index (χ1) is 8.26. The van der Waals surface area contributed by atoms with Gasteiger partial charge in [0.25, 0.3) is 0 Å². The van der Waals surface area contributed by atoms with Crippen LogP contribution in [0, 0.1) is 0 Å². The Bertz CT molecular complexity index is 199. The average molecular weight is 242 g/mol. The van der Waals surface area contributed by atoms with Crippen LogP contribution in [0.15, 0.2) is 0 Å². The van der Waals surface area contributed by atoms with Gasteiger partial charge in [-0.2, -0.15) is 0 Å². The minimum atomic E-state index is 0.442. The molecule has 0 amide bonds. The summed E-state index contributed by atoms with van der Waals surface area (Å²) in [6, 6.07) is 1.29. The topological polar surface area (TPSA) is 24.5 Å². The van der Waals surface area contributed by atoms with Crippen LogP contribution in [0.5, 0.6) is 0 Å². The Hall–Kier alpha value is -0.120. The summed E-state index contributed by atoms with van der Waals surface area (Å²) < 4.78 is 5.53. The van der Waals surface area contributed by atoms with Crippen LogP contribution in [0.1, 0.15) is 46.0 Å². The van der Waals surface area contributed by atoms with E-state index in [-0.39, 0.29) is 0 Å². The van der Waals surface area contributed by atoms with Crippen LogP contribution in [-0.4, -0.2) is 50.3 Å². The molecule has 0 saturated carbocycles. The molecule has 102 valence electrons. The summed E-state index contributed by atoms with van der Waals surface area (Å²) in [4.78, 5) is 2.63. The Morgan fingerprint density at radius 3 is 2.71 bits per heavy atom. The molecule has 17 heavy (non-hydrogen) atoms. The lowest BCUT2D eigenvalue weighted by molar-refractivity contribution is 0.00621. The largest absolute Gasteiger partial charge is 0.380 e. The van der Waals surface area contributed by atoms with Crippen molar-refractivity contribution in [2.45, 2.75) is 64.1 Å². The fraction of sp³-hybridized carbons (Fsp3) is 1.00. The summed E-state index contributed by atoms with van der Waals surface area (Å²) in [5, 5.41) is 3.50. The van der Waals surface area contributed by atoms with Crippen molar-refractivity contribution in [3.8, 4) is 0 Å². The molecular formula is C14H30N2O. The zero-order valence-corrected chi connectivity index (χ0v) is 12.0. The predicted octanol–water partition coefficient (Wildman–Crippen LogP) is 2.26. The van der Waals surface area contributed by atoms with Crippen molar-refractivity contribution in [3.63, 3.8) is 0 Å². The van der Waals surface area contributed by atoms with Crippen LogP contribution >= 0.6 is 0 Å². The molecule has 3 heteroatoms. The van der Waals surface area contributed by atoms with Gasteiger partial charge in [0.1, 0.15) is 0 Å². The minimum absolute atomic E-state index is 0.442. The van der Waals surface area contributed by atoms with E-state index in [9.17, 15) is 0 Å².